The first kappa shape index (κ1) is 24.4. The number of hydrogen-bond acceptors (Lipinski definition) is 5. The Labute approximate surface area is 192 Å². The fraction of sp³-hybridized carbons (Fsp3) is 0.360. The van der Waals surface area contributed by atoms with Crippen molar-refractivity contribution in [3.8, 4) is 5.75 Å². The van der Waals surface area contributed by atoms with Crippen molar-refractivity contribution in [2.24, 2.45) is 5.92 Å². The Morgan fingerprint density at radius 3 is 2.30 bits per heavy atom. The highest BCUT2D eigenvalue weighted by Gasteiger charge is 2.35. The third-order valence-corrected chi connectivity index (χ3v) is 4.99. The molecular formula is C25H29F3N4O. The molecule has 2 N–H and O–H groups in total. The number of aromatic nitrogens is 2. The topological polar surface area (TPSA) is 59.1 Å². The third kappa shape index (κ3) is 6.84. The highest BCUT2D eigenvalue weighted by molar-refractivity contribution is 5.67. The first-order valence-electron chi connectivity index (χ1n) is 11.0. The first-order chi connectivity index (χ1) is 15.7. The van der Waals surface area contributed by atoms with E-state index >= 15 is 0 Å². The Kier molecular flexibility index (Phi) is 7.79. The SMILES string of the molecule is CCC(C)Oc1ccccc1Nc1nc(Nc2ccc(CC(C)C)cc2)ncc1C(F)(F)F. The molecule has 33 heavy (non-hydrogen) atoms. The molecule has 1 heterocycles. The van der Waals surface area contributed by atoms with Gasteiger partial charge in [0, 0.05) is 11.9 Å². The highest BCUT2D eigenvalue weighted by Crippen LogP contribution is 2.37. The lowest BCUT2D eigenvalue weighted by Crippen LogP contribution is -2.14. The van der Waals surface area contributed by atoms with Crippen LogP contribution < -0.4 is 15.4 Å². The van der Waals surface area contributed by atoms with Crippen LogP contribution in [0.3, 0.4) is 0 Å². The zero-order chi connectivity index (χ0) is 24.0. The minimum atomic E-state index is -4.62. The van der Waals surface area contributed by atoms with Gasteiger partial charge in [0.15, 0.2) is 0 Å². The maximum atomic E-state index is 13.7. The smallest absolute Gasteiger partial charge is 0.421 e. The number of ether oxygens (including phenoxy) is 1. The minimum absolute atomic E-state index is 0.0578. The van der Waals surface area contributed by atoms with Gasteiger partial charge >= 0.3 is 6.18 Å². The van der Waals surface area contributed by atoms with Gasteiger partial charge in [0.05, 0.1) is 11.8 Å². The Morgan fingerprint density at radius 2 is 1.67 bits per heavy atom. The predicted molar refractivity (Wildman–Crippen MR) is 125 cm³/mol. The summed E-state index contributed by atoms with van der Waals surface area (Å²) in [5, 5.41) is 5.78. The monoisotopic (exact) mass is 458 g/mol. The van der Waals surface area contributed by atoms with Crippen molar-refractivity contribution >= 4 is 23.1 Å². The molecule has 5 nitrogen and oxygen atoms in total. The quantitative estimate of drug-likeness (QED) is 0.351. The molecule has 0 bridgehead atoms. The second-order valence-corrected chi connectivity index (χ2v) is 8.33. The zero-order valence-electron chi connectivity index (χ0n) is 19.2. The van der Waals surface area contributed by atoms with Crippen LogP contribution in [0.2, 0.25) is 0 Å². The van der Waals surface area contributed by atoms with Crippen LogP contribution >= 0.6 is 0 Å². The van der Waals surface area contributed by atoms with E-state index in [1.54, 1.807) is 24.3 Å². The van der Waals surface area contributed by atoms with E-state index in [9.17, 15) is 13.2 Å². The predicted octanol–water partition coefficient (Wildman–Crippen LogP) is 7.36. The van der Waals surface area contributed by atoms with Gasteiger partial charge in [-0.05, 0) is 55.5 Å². The van der Waals surface area contributed by atoms with Crippen molar-refractivity contribution in [1.82, 2.24) is 9.97 Å². The standard InChI is InChI=1S/C25H29F3N4O/c1-5-17(4)33-22-9-7-6-8-21(22)31-23-20(25(26,27)28)15-29-24(32-23)30-19-12-10-18(11-13-19)14-16(2)3/h6-13,15-17H,5,14H2,1-4H3,(H2,29,30,31,32). The number of benzene rings is 2. The van der Waals surface area contributed by atoms with Crippen LogP contribution in [0.25, 0.3) is 0 Å². The van der Waals surface area contributed by atoms with Gasteiger partial charge in [0.2, 0.25) is 5.95 Å². The van der Waals surface area contributed by atoms with E-state index in [4.69, 9.17) is 4.74 Å². The third-order valence-electron chi connectivity index (χ3n) is 4.99. The van der Waals surface area contributed by atoms with Gasteiger partial charge in [-0.3, -0.25) is 0 Å². The summed E-state index contributed by atoms with van der Waals surface area (Å²) in [5.41, 5.74) is 1.31. The summed E-state index contributed by atoms with van der Waals surface area (Å²) in [6, 6.07) is 14.5. The normalized spacial score (nSPS) is 12.5. The zero-order valence-corrected chi connectivity index (χ0v) is 19.2. The molecule has 0 spiro atoms. The van der Waals surface area contributed by atoms with Gasteiger partial charge in [-0.2, -0.15) is 18.2 Å². The molecule has 1 unspecified atom stereocenters. The molecular weight excluding hydrogens is 429 g/mol. The van der Waals surface area contributed by atoms with E-state index in [0.717, 1.165) is 19.0 Å². The fourth-order valence-electron chi connectivity index (χ4n) is 3.17. The van der Waals surface area contributed by atoms with Crippen LogP contribution in [-0.4, -0.2) is 16.1 Å². The van der Waals surface area contributed by atoms with E-state index in [0.29, 0.717) is 23.0 Å². The second-order valence-electron chi connectivity index (χ2n) is 8.33. The van der Waals surface area contributed by atoms with E-state index in [-0.39, 0.29) is 17.9 Å². The molecule has 0 amide bonds. The number of nitrogens with zero attached hydrogens (tertiary/aromatic N) is 2. The van der Waals surface area contributed by atoms with Crippen LogP contribution in [-0.2, 0) is 12.6 Å². The molecule has 0 saturated heterocycles. The van der Waals surface area contributed by atoms with Crippen LogP contribution in [0, 0.1) is 5.92 Å². The van der Waals surface area contributed by atoms with E-state index in [2.05, 4.69) is 34.4 Å². The summed E-state index contributed by atoms with van der Waals surface area (Å²) in [7, 11) is 0. The molecule has 2 aromatic carbocycles. The largest absolute Gasteiger partial charge is 0.489 e. The number of alkyl halides is 3. The summed E-state index contributed by atoms with van der Waals surface area (Å²) in [6.45, 7) is 8.16. The molecule has 1 atom stereocenters. The van der Waals surface area contributed by atoms with Crippen molar-refractivity contribution in [3.63, 3.8) is 0 Å². The summed E-state index contributed by atoms with van der Waals surface area (Å²) < 4.78 is 46.8. The number of rotatable bonds is 9. The van der Waals surface area contributed by atoms with E-state index < -0.39 is 11.7 Å². The van der Waals surface area contributed by atoms with Gasteiger partial charge in [0.1, 0.15) is 17.1 Å². The Hall–Kier alpha value is -3.29. The summed E-state index contributed by atoms with van der Waals surface area (Å²) >= 11 is 0. The fourth-order valence-corrected chi connectivity index (χ4v) is 3.17. The van der Waals surface area contributed by atoms with Crippen molar-refractivity contribution in [2.75, 3.05) is 10.6 Å². The minimum Gasteiger partial charge on any atom is -0.489 e. The lowest BCUT2D eigenvalue weighted by Gasteiger charge is -2.19. The van der Waals surface area contributed by atoms with Crippen LogP contribution in [0.1, 0.15) is 45.2 Å². The van der Waals surface area contributed by atoms with Gasteiger partial charge < -0.3 is 15.4 Å². The Bertz CT molecular complexity index is 1050. The lowest BCUT2D eigenvalue weighted by molar-refractivity contribution is -0.137. The molecule has 0 fully saturated rings. The molecule has 8 heteroatoms. The molecule has 0 aliphatic rings. The maximum Gasteiger partial charge on any atom is 0.421 e. The molecule has 0 radical (unpaired) electrons. The molecule has 0 aliphatic carbocycles. The van der Waals surface area contributed by atoms with Gasteiger partial charge in [0.25, 0.3) is 0 Å². The lowest BCUT2D eigenvalue weighted by atomic mass is 10.0. The van der Waals surface area contributed by atoms with Crippen molar-refractivity contribution in [2.45, 2.75) is 52.8 Å². The summed E-state index contributed by atoms with van der Waals surface area (Å²) in [6.07, 6.45) is -2.21. The average molecular weight is 459 g/mol. The summed E-state index contributed by atoms with van der Waals surface area (Å²) in [4.78, 5) is 8.02. The van der Waals surface area contributed by atoms with Crippen LogP contribution in [0.5, 0.6) is 5.75 Å². The molecule has 0 saturated carbocycles. The second kappa shape index (κ2) is 10.6. The molecule has 3 aromatic rings. The van der Waals surface area contributed by atoms with Crippen LogP contribution in [0.4, 0.5) is 36.3 Å². The number of hydrogen-bond donors (Lipinski definition) is 2. The highest BCUT2D eigenvalue weighted by atomic mass is 19.4. The number of nitrogens with one attached hydrogen (secondary N) is 2. The Balaban J connectivity index is 1.89. The van der Waals surface area contributed by atoms with Crippen molar-refractivity contribution < 1.29 is 17.9 Å². The molecule has 1 aromatic heterocycles. The number of anilines is 4. The first-order valence-corrected chi connectivity index (χ1v) is 11.0. The van der Waals surface area contributed by atoms with Gasteiger partial charge in [-0.15, -0.1) is 0 Å². The van der Waals surface area contributed by atoms with Crippen LogP contribution in [0.15, 0.2) is 54.7 Å². The van der Waals surface area contributed by atoms with Gasteiger partial charge in [-0.1, -0.05) is 45.0 Å². The molecule has 176 valence electrons. The maximum absolute atomic E-state index is 13.7. The molecule has 3 rings (SSSR count). The van der Waals surface area contributed by atoms with Crippen molar-refractivity contribution in [3.05, 3.63) is 65.9 Å². The van der Waals surface area contributed by atoms with E-state index in [1.165, 1.54) is 5.56 Å². The average Bonchev–Trinajstić information content (AvgIpc) is 2.75. The Morgan fingerprint density at radius 1 is 0.970 bits per heavy atom. The molecule has 0 aliphatic heterocycles. The van der Waals surface area contributed by atoms with Crippen molar-refractivity contribution in [1.29, 1.82) is 0 Å². The van der Waals surface area contributed by atoms with E-state index in [1.807, 2.05) is 38.1 Å². The number of para-hydroxylation sites is 2. The van der Waals surface area contributed by atoms with Gasteiger partial charge in [-0.25, -0.2) is 4.98 Å². The number of halogens is 3. The summed E-state index contributed by atoms with van der Waals surface area (Å²) in [5.74, 6) is 0.691.